The third-order valence-corrected chi connectivity index (χ3v) is 1.89. The second kappa shape index (κ2) is 3.33. The normalized spacial score (nSPS) is 10.0. The third kappa shape index (κ3) is 1.37. The Balaban J connectivity index is 2.64. The molecule has 1 aromatic heterocycles. The van der Waals surface area contributed by atoms with Crippen LogP contribution in [0.5, 0.6) is 0 Å². The molecule has 0 aliphatic rings. The van der Waals surface area contributed by atoms with Gasteiger partial charge in [-0.3, -0.25) is 9.78 Å². The van der Waals surface area contributed by atoms with Gasteiger partial charge in [-0.1, -0.05) is 30.3 Å². The van der Waals surface area contributed by atoms with Gasteiger partial charge in [0.15, 0.2) is 0 Å². The molecule has 70 valence electrons. The minimum absolute atomic E-state index is 0.387. The molecule has 0 saturated carbocycles. The fraction of sp³-hybridized carbons (Fsp3) is 0. The first-order valence-electron chi connectivity index (χ1n) is 4.11. The molecule has 4 nitrogen and oxygen atoms in total. The molecular weight excluding hydrogens is 180 g/mol. The molecule has 0 radical (unpaired) electrons. The Morgan fingerprint density at radius 3 is 2.57 bits per heavy atom. The molecule has 0 saturated heterocycles. The summed E-state index contributed by atoms with van der Waals surface area (Å²) in [4.78, 5) is 14.8. The molecule has 4 heteroatoms. The van der Waals surface area contributed by atoms with E-state index >= 15 is 0 Å². The van der Waals surface area contributed by atoms with Gasteiger partial charge in [-0.25, -0.2) is 0 Å². The highest BCUT2D eigenvalue weighted by atomic mass is 16.5. The molecule has 2 aromatic rings. The summed E-state index contributed by atoms with van der Waals surface area (Å²) in [6.45, 7) is 0. The van der Waals surface area contributed by atoms with Crippen molar-refractivity contribution in [2.75, 3.05) is 0 Å². The smallest absolute Gasteiger partial charge is 0.301 e. The summed E-state index contributed by atoms with van der Waals surface area (Å²) in [5.41, 5.74) is 0.602. The maximum Gasteiger partial charge on any atom is 0.301 e. The Labute approximate surface area is 80.0 Å². The molecule has 0 atom stereocenters. The zero-order valence-corrected chi connectivity index (χ0v) is 7.29. The van der Waals surface area contributed by atoms with Crippen LogP contribution in [0.3, 0.4) is 0 Å². The first-order valence-corrected chi connectivity index (χ1v) is 4.11. The maximum atomic E-state index is 11.1. The van der Waals surface area contributed by atoms with Crippen molar-refractivity contribution in [2.24, 2.45) is 0 Å². The second-order valence-corrected chi connectivity index (χ2v) is 2.81. The minimum Gasteiger partial charge on any atom is -0.425 e. The van der Waals surface area contributed by atoms with Crippen molar-refractivity contribution in [1.82, 2.24) is 9.71 Å². The average molecular weight is 188 g/mol. The summed E-state index contributed by atoms with van der Waals surface area (Å²) in [5.74, 6) is 0. The number of hydrogen-bond donors (Lipinski definition) is 1. The Morgan fingerprint density at radius 1 is 1.14 bits per heavy atom. The highest BCUT2D eigenvalue weighted by Crippen LogP contribution is 2.14. The van der Waals surface area contributed by atoms with E-state index < -0.39 is 5.56 Å². The average Bonchev–Trinajstić information content (AvgIpc) is 2.23. The van der Waals surface area contributed by atoms with E-state index in [4.69, 9.17) is 0 Å². The molecule has 1 N–H and O–H groups in total. The van der Waals surface area contributed by atoms with E-state index in [9.17, 15) is 10.0 Å². The summed E-state index contributed by atoms with van der Waals surface area (Å²) in [6, 6.07) is 9.10. The predicted molar refractivity (Wildman–Crippen MR) is 51.1 cm³/mol. The van der Waals surface area contributed by atoms with Crippen LogP contribution in [-0.2, 0) is 0 Å². The monoisotopic (exact) mass is 188 g/mol. The molecule has 0 bridgehead atoms. The van der Waals surface area contributed by atoms with Crippen molar-refractivity contribution in [3.8, 4) is 11.3 Å². The van der Waals surface area contributed by atoms with Crippen LogP contribution in [-0.4, -0.2) is 14.9 Å². The summed E-state index contributed by atoms with van der Waals surface area (Å²) in [6.07, 6.45) is 2.50. The van der Waals surface area contributed by atoms with E-state index in [0.717, 1.165) is 11.8 Å². The van der Waals surface area contributed by atoms with Crippen LogP contribution in [0.25, 0.3) is 11.3 Å². The molecule has 0 spiro atoms. The summed E-state index contributed by atoms with van der Waals surface area (Å²) >= 11 is 0. The Morgan fingerprint density at radius 2 is 1.86 bits per heavy atom. The van der Waals surface area contributed by atoms with E-state index in [0.29, 0.717) is 10.4 Å². The first-order chi connectivity index (χ1) is 6.79. The topological polar surface area (TPSA) is 55.1 Å². The van der Waals surface area contributed by atoms with Crippen molar-refractivity contribution >= 4 is 0 Å². The van der Waals surface area contributed by atoms with Crippen molar-refractivity contribution in [1.29, 1.82) is 0 Å². The zero-order chi connectivity index (χ0) is 9.97. The van der Waals surface area contributed by atoms with Gasteiger partial charge in [0.05, 0.1) is 12.4 Å². The van der Waals surface area contributed by atoms with Gasteiger partial charge in [-0.2, -0.15) is 0 Å². The summed E-state index contributed by atoms with van der Waals surface area (Å²) in [5, 5.41) is 9.42. The van der Waals surface area contributed by atoms with Crippen LogP contribution in [0.4, 0.5) is 0 Å². The number of hydrogen-bond acceptors (Lipinski definition) is 3. The van der Waals surface area contributed by atoms with E-state index in [1.165, 1.54) is 6.20 Å². The van der Waals surface area contributed by atoms with E-state index in [1.807, 2.05) is 18.2 Å². The lowest BCUT2D eigenvalue weighted by atomic mass is 10.2. The molecule has 1 aromatic carbocycles. The SMILES string of the molecule is O=c1cncc(-c2ccccc2)n1O. The molecule has 0 aliphatic carbocycles. The van der Waals surface area contributed by atoms with Crippen LogP contribution >= 0.6 is 0 Å². The van der Waals surface area contributed by atoms with Crippen molar-refractivity contribution in [3.05, 3.63) is 53.1 Å². The van der Waals surface area contributed by atoms with Gasteiger partial charge in [-0.05, 0) is 0 Å². The first kappa shape index (κ1) is 8.50. The minimum atomic E-state index is -0.536. The number of rotatable bonds is 1. The molecule has 0 amide bonds. The van der Waals surface area contributed by atoms with Crippen LogP contribution in [0.2, 0.25) is 0 Å². The fourth-order valence-electron chi connectivity index (χ4n) is 1.21. The Hall–Kier alpha value is -2.10. The second-order valence-electron chi connectivity index (χ2n) is 2.81. The summed E-state index contributed by atoms with van der Waals surface area (Å²) < 4.78 is 0.586. The van der Waals surface area contributed by atoms with E-state index in [1.54, 1.807) is 12.1 Å². The third-order valence-electron chi connectivity index (χ3n) is 1.89. The van der Waals surface area contributed by atoms with E-state index in [-0.39, 0.29) is 0 Å². The van der Waals surface area contributed by atoms with Crippen molar-refractivity contribution < 1.29 is 5.21 Å². The summed E-state index contributed by atoms with van der Waals surface area (Å²) in [7, 11) is 0. The molecule has 0 aliphatic heterocycles. The van der Waals surface area contributed by atoms with Gasteiger partial charge in [0, 0.05) is 5.56 Å². The molecule has 2 rings (SSSR count). The highest BCUT2D eigenvalue weighted by Gasteiger charge is 2.03. The highest BCUT2D eigenvalue weighted by molar-refractivity contribution is 5.57. The number of nitrogens with zero attached hydrogens (tertiary/aromatic N) is 2. The molecule has 14 heavy (non-hydrogen) atoms. The van der Waals surface area contributed by atoms with Gasteiger partial charge < -0.3 is 5.21 Å². The molecular formula is C10H8N2O2. The molecule has 0 fully saturated rings. The quantitative estimate of drug-likeness (QED) is 0.683. The van der Waals surface area contributed by atoms with Crippen LogP contribution in [0.15, 0.2) is 47.5 Å². The molecule has 0 unspecified atom stereocenters. The molecule has 1 heterocycles. The standard InChI is InChI=1S/C10H8N2O2/c13-10-7-11-6-9(12(10)14)8-4-2-1-3-5-8/h1-7,14H. The zero-order valence-electron chi connectivity index (χ0n) is 7.29. The van der Waals surface area contributed by atoms with Crippen LogP contribution < -0.4 is 5.56 Å². The lowest BCUT2D eigenvalue weighted by molar-refractivity contribution is 0.178. The Bertz CT molecular complexity index is 491. The van der Waals surface area contributed by atoms with E-state index in [2.05, 4.69) is 4.98 Å². The Kier molecular flexibility index (Phi) is 2.02. The van der Waals surface area contributed by atoms with Gasteiger partial charge in [0.1, 0.15) is 5.69 Å². The maximum absolute atomic E-state index is 11.1. The van der Waals surface area contributed by atoms with Crippen molar-refractivity contribution in [3.63, 3.8) is 0 Å². The van der Waals surface area contributed by atoms with Gasteiger partial charge in [0.2, 0.25) is 0 Å². The van der Waals surface area contributed by atoms with Crippen LogP contribution in [0.1, 0.15) is 0 Å². The van der Waals surface area contributed by atoms with Crippen LogP contribution in [0, 0.1) is 0 Å². The van der Waals surface area contributed by atoms with Crippen molar-refractivity contribution in [2.45, 2.75) is 0 Å². The fourth-order valence-corrected chi connectivity index (χ4v) is 1.21. The largest absolute Gasteiger partial charge is 0.425 e. The predicted octanol–water partition coefficient (Wildman–Crippen LogP) is 1.15. The van der Waals surface area contributed by atoms with Gasteiger partial charge >= 0.3 is 5.56 Å². The lowest BCUT2D eigenvalue weighted by Gasteiger charge is -2.03. The van der Waals surface area contributed by atoms with Gasteiger partial charge in [-0.15, -0.1) is 4.73 Å². The number of aromatic nitrogens is 2. The lowest BCUT2D eigenvalue weighted by Crippen LogP contribution is -2.18. The van der Waals surface area contributed by atoms with Gasteiger partial charge in [0.25, 0.3) is 0 Å². The number of benzene rings is 1.